The number of piperidine rings is 1. The van der Waals surface area contributed by atoms with Crippen molar-refractivity contribution < 1.29 is 19.8 Å². The molecule has 5 rings (SSSR count). The number of ether oxygens (including phenoxy) is 1. The summed E-state index contributed by atoms with van der Waals surface area (Å²) in [5, 5.41) is 19.5. The van der Waals surface area contributed by atoms with Crippen LogP contribution in [0.5, 0.6) is 17.4 Å². The lowest BCUT2D eigenvalue weighted by molar-refractivity contribution is 0.0705. The maximum absolute atomic E-state index is 13.3. The Morgan fingerprint density at radius 3 is 2.29 bits per heavy atom. The standard InChI is InChI=1S/C27H28N6O5/c1-18-25(35)33(21-7-9-23(10-8-21)38-22-5-3-2-4-6-22)27(36)32(18)17-19-11-13-31(14-12-19)26-28-15-20(16-29-26)24(34)30-37/h2-10,15-16,19,35,37H,11-14,17H2,1H3,(H,30,34). The van der Waals surface area contributed by atoms with Crippen LogP contribution in [0.15, 0.2) is 71.8 Å². The van der Waals surface area contributed by atoms with E-state index in [0.717, 1.165) is 12.8 Å². The second kappa shape index (κ2) is 10.8. The van der Waals surface area contributed by atoms with Gasteiger partial charge in [-0.15, -0.1) is 0 Å². The Morgan fingerprint density at radius 2 is 1.66 bits per heavy atom. The largest absolute Gasteiger partial charge is 0.493 e. The predicted molar refractivity (Wildman–Crippen MR) is 139 cm³/mol. The van der Waals surface area contributed by atoms with Crippen LogP contribution in [-0.2, 0) is 6.54 Å². The van der Waals surface area contributed by atoms with Gasteiger partial charge in [-0.3, -0.25) is 14.6 Å². The number of hydrogen-bond acceptors (Lipinski definition) is 8. The molecule has 0 bridgehead atoms. The third kappa shape index (κ3) is 5.09. The van der Waals surface area contributed by atoms with E-state index in [9.17, 15) is 14.7 Å². The first-order valence-corrected chi connectivity index (χ1v) is 12.3. The number of imidazole rings is 1. The number of nitrogens with one attached hydrogen (secondary N) is 1. The van der Waals surface area contributed by atoms with Gasteiger partial charge in [0.2, 0.25) is 11.8 Å². The van der Waals surface area contributed by atoms with Crippen LogP contribution in [-0.4, -0.2) is 48.4 Å². The molecule has 2 aromatic carbocycles. The number of hydrogen-bond donors (Lipinski definition) is 3. The van der Waals surface area contributed by atoms with Gasteiger partial charge in [-0.1, -0.05) is 18.2 Å². The van der Waals surface area contributed by atoms with Crippen LogP contribution in [0.25, 0.3) is 5.69 Å². The monoisotopic (exact) mass is 516 g/mol. The van der Waals surface area contributed by atoms with Crippen LogP contribution in [0.3, 0.4) is 0 Å². The van der Waals surface area contributed by atoms with Gasteiger partial charge in [0.05, 0.1) is 16.9 Å². The number of aromatic nitrogens is 4. The fourth-order valence-electron chi connectivity index (χ4n) is 4.61. The molecule has 0 radical (unpaired) electrons. The minimum Gasteiger partial charge on any atom is -0.493 e. The predicted octanol–water partition coefficient (Wildman–Crippen LogP) is 3.27. The minimum atomic E-state index is -0.664. The highest BCUT2D eigenvalue weighted by molar-refractivity contribution is 5.92. The summed E-state index contributed by atoms with van der Waals surface area (Å²) in [6.45, 7) is 3.62. The number of aromatic hydroxyl groups is 1. The molecule has 1 aliphatic heterocycles. The van der Waals surface area contributed by atoms with E-state index in [1.54, 1.807) is 41.2 Å². The second-order valence-corrected chi connectivity index (χ2v) is 9.19. The Balaban J connectivity index is 1.25. The minimum absolute atomic E-state index is 0.0791. The van der Waals surface area contributed by atoms with E-state index in [0.29, 0.717) is 48.5 Å². The fourth-order valence-corrected chi connectivity index (χ4v) is 4.61. The summed E-state index contributed by atoms with van der Waals surface area (Å²) >= 11 is 0. The normalized spacial score (nSPS) is 13.9. The molecule has 1 fully saturated rings. The lowest BCUT2D eigenvalue weighted by atomic mass is 9.97. The van der Waals surface area contributed by atoms with E-state index in [4.69, 9.17) is 9.94 Å². The van der Waals surface area contributed by atoms with E-state index in [1.807, 2.05) is 35.2 Å². The van der Waals surface area contributed by atoms with Crippen LogP contribution in [0.1, 0.15) is 28.9 Å². The maximum Gasteiger partial charge on any atom is 0.335 e. The van der Waals surface area contributed by atoms with Crippen molar-refractivity contribution in [2.75, 3.05) is 18.0 Å². The number of carbonyl (C=O) groups is 1. The molecule has 196 valence electrons. The summed E-state index contributed by atoms with van der Waals surface area (Å²) < 4.78 is 8.77. The Labute approximate surface area is 218 Å². The van der Waals surface area contributed by atoms with Crippen LogP contribution in [0.4, 0.5) is 5.95 Å². The zero-order valence-corrected chi connectivity index (χ0v) is 20.8. The molecule has 0 spiro atoms. The molecule has 1 amide bonds. The van der Waals surface area contributed by atoms with E-state index in [2.05, 4.69) is 9.97 Å². The molecule has 3 heterocycles. The molecule has 0 aliphatic carbocycles. The van der Waals surface area contributed by atoms with Gasteiger partial charge in [0, 0.05) is 32.0 Å². The number of carbonyl (C=O) groups excluding carboxylic acids is 1. The number of anilines is 1. The summed E-state index contributed by atoms with van der Waals surface area (Å²) in [4.78, 5) is 35.3. The van der Waals surface area contributed by atoms with Gasteiger partial charge in [-0.2, -0.15) is 0 Å². The number of hydroxylamine groups is 1. The van der Waals surface area contributed by atoms with Crippen LogP contribution in [0, 0.1) is 12.8 Å². The third-order valence-corrected chi connectivity index (χ3v) is 6.78. The van der Waals surface area contributed by atoms with Gasteiger partial charge >= 0.3 is 5.69 Å². The summed E-state index contributed by atoms with van der Waals surface area (Å²) in [6.07, 6.45) is 4.36. The highest BCUT2D eigenvalue weighted by Gasteiger charge is 2.25. The fraction of sp³-hybridized carbons (Fsp3) is 0.259. The lowest BCUT2D eigenvalue weighted by Gasteiger charge is -2.32. The molecule has 1 aliphatic rings. The van der Waals surface area contributed by atoms with Crippen molar-refractivity contribution in [3.8, 4) is 23.1 Å². The number of para-hydroxylation sites is 1. The molecule has 3 N–H and O–H groups in total. The van der Waals surface area contributed by atoms with Crippen molar-refractivity contribution >= 4 is 11.9 Å². The van der Waals surface area contributed by atoms with Crippen molar-refractivity contribution in [2.24, 2.45) is 5.92 Å². The van der Waals surface area contributed by atoms with Crippen molar-refractivity contribution in [2.45, 2.75) is 26.3 Å². The first-order chi connectivity index (χ1) is 18.4. The van der Waals surface area contributed by atoms with Gasteiger partial charge in [-0.05, 0) is 62.1 Å². The number of amides is 1. The lowest BCUT2D eigenvalue weighted by Crippen LogP contribution is -2.37. The quantitative estimate of drug-likeness (QED) is 0.252. The van der Waals surface area contributed by atoms with Gasteiger partial charge < -0.3 is 14.7 Å². The van der Waals surface area contributed by atoms with Crippen LogP contribution >= 0.6 is 0 Å². The van der Waals surface area contributed by atoms with Crippen molar-refractivity contribution in [3.63, 3.8) is 0 Å². The topological polar surface area (TPSA) is 135 Å². The first kappa shape index (κ1) is 25.0. The molecule has 1 saturated heterocycles. The molecule has 0 unspecified atom stereocenters. The van der Waals surface area contributed by atoms with Crippen LogP contribution in [0.2, 0.25) is 0 Å². The molecule has 0 atom stereocenters. The molecular formula is C27H28N6O5. The van der Waals surface area contributed by atoms with E-state index in [-0.39, 0.29) is 23.1 Å². The summed E-state index contributed by atoms with van der Waals surface area (Å²) in [5.41, 5.74) is 2.51. The van der Waals surface area contributed by atoms with Gasteiger partial charge in [-0.25, -0.2) is 24.8 Å². The van der Waals surface area contributed by atoms with E-state index < -0.39 is 5.91 Å². The maximum atomic E-state index is 13.3. The van der Waals surface area contributed by atoms with E-state index >= 15 is 0 Å². The summed E-state index contributed by atoms with van der Waals surface area (Å²) in [6, 6.07) is 16.4. The molecule has 2 aromatic heterocycles. The molecule has 11 heteroatoms. The molecular weight excluding hydrogens is 488 g/mol. The number of rotatable bonds is 7. The van der Waals surface area contributed by atoms with E-state index in [1.165, 1.54) is 17.0 Å². The Hall–Kier alpha value is -4.64. The zero-order valence-electron chi connectivity index (χ0n) is 20.8. The number of benzene rings is 2. The summed E-state index contributed by atoms with van der Waals surface area (Å²) in [7, 11) is 0. The van der Waals surface area contributed by atoms with Crippen LogP contribution < -0.4 is 20.8 Å². The smallest absolute Gasteiger partial charge is 0.335 e. The highest BCUT2D eigenvalue weighted by atomic mass is 16.5. The Kier molecular flexibility index (Phi) is 7.09. The van der Waals surface area contributed by atoms with Gasteiger partial charge in [0.1, 0.15) is 11.5 Å². The molecule has 11 nitrogen and oxygen atoms in total. The molecule has 0 saturated carbocycles. The second-order valence-electron chi connectivity index (χ2n) is 9.19. The van der Waals surface area contributed by atoms with Crippen molar-refractivity contribution in [1.82, 2.24) is 24.6 Å². The van der Waals surface area contributed by atoms with Gasteiger partial charge in [0.15, 0.2) is 0 Å². The molecule has 38 heavy (non-hydrogen) atoms. The zero-order chi connectivity index (χ0) is 26.6. The average molecular weight is 517 g/mol. The Morgan fingerprint density at radius 1 is 1.03 bits per heavy atom. The average Bonchev–Trinajstić information content (AvgIpc) is 3.17. The first-order valence-electron chi connectivity index (χ1n) is 12.3. The Bertz CT molecular complexity index is 1460. The molecule has 4 aromatic rings. The summed E-state index contributed by atoms with van der Waals surface area (Å²) in [5.74, 6) is 1.35. The van der Waals surface area contributed by atoms with Crippen molar-refractivity contribution in [1.29, 1.82) is 0 Å². The number of nitrogens with zero attached hydrogens (tertiary/aromatic N) is 5. The SMILES string of the molecule is Cc1c(O)n(-c2ccc(Oc3ccccc3)cc2)c(=O)n1CC1CCN(c2ncc(C(=O)NO)cn2)CC1. The third-order valence-electron chi connectivity index (χ3n) is 6.78. The van der Waals surface area contributed by atoms with Crippen molar-refractivity contribution in [3.05, 3.63) is 88.7 Å². The van der Waals surface area contributed by atoms with Gasteiger partial charge in [0.25, 0.3) is 5.91 Å². The highest BCUT2D eigenvalue weighted by Crippen LogP contribution is 2.27.